The maximum absolute atomic E-state index is 13.1. The summed E-state index contributed by atoms with van der Waals surface area (Å²) in [4.78, 5) is 35.0. The quantitative estimate of drug-likeness (QED) is 0.269. The molecule has 0 radical (unpaired) electrons. The molecule has 4 aromatic rings. The molecule has 152 valence electrons. The predicted molar refractivity (Wildman–Crippen MR) is 115 cm³/mol. The predicted octanol–water partition coefficient (Wildman–Crippen LogP) is 3.89. The molecule has 1 aliphatic heterocycles. The van der Waals surface area contributed by atoms with Crippen LogP contribution < -0.4 is 4.90 Å². The number of nitrogens with one attached hydrogen (secondary N) is 1. The Morgan fingerprint density at radius 1 is 0.903 bits per heavy atom. The summed E-state index contributed by atoms with van der Waals surface area (Å²) in [6.45, 7) is 0. The Bertz CT molecular complexity index is 1310. The van der Waals surface area contributed by atoms with Gasteiger partial charge in [-0.3, -0.25) is 14.5 Å². The van der Waals surface area contributed by atoms with Gasteiger partial charge in [0.25, 0.3) is 5.78 Å². The summed E-state index contributed by atoms with van der Waals surface area (Å²) < 4.78 is 0. The second-order valence-corrected chi connectivity index (χ2v) is 7.20. The number of ketones is 1. The van der Waals surface area contributed by atoms with Gasteiger partial charge in [-0.05, 0) is 29.8 Å². The third kappa shape index (κ3) is 3.03. The highest BCUT2D eigenvalue weighted by Crippen LogP contribution is 2.41. The number of anilines is 1. The summed E-state index contributed by atoms with van der Waals surface area (Å²) in [6, 6.07) is 21.1. The summed E-state index contributed by atoms with van der Waals surface area (Å²) in [7, 11) is 0. The lowest BCUT2D eigenvalue weighted by atomic mass is 9.95. The number of para-hydroxylation sites is 2. The maximum atomic E-state index is 13.1. The van der Waals surface area contributed by atoms with Crippen molar-refractivity contribution >= 4 is 34.4 Å². The molecule has 1 atom stereocenters. The average Bonchev–Trinajstić information content (AvgIpc) is 3.33. The number of phenols is 1. The first-order valence-corrected chi connectivity index (χ1v) is 9.64. The maximum Gasteiger partial charge on any atom is 0.302 e. The summed E-state index contributed by atoms with van der Waals surface area (Å²) in [6.07, 6.45) is 0. The SMILES string of the molecule is O=C1C(=O)N(c2nc3ccccc3[nH]2)C(c2ccc(O)cc2)/C1=C(\O)c1ccccc1. The van der Waals surface area contributed by atoms with E-state index in [1.54, 1.807) is 48.5 Å². The number of benzene rings is 3. The molecule has 1 aliphatic rings. The monoisotopic (exact) mass is 411 g/mol. The molecule has 7 nitrogen and oxygen atoms in total. The van der Waals surface area contributed by atoms with E-state index in [-0.39, 0.29) is 23.0 Å². The Labute approximate surface area is 176 Å². The summed E-state index contributed by atoms with van der Waals surface area (Å²) in [5.41, 5.74) is 2.30. The molecule has 1 aromatic heterocycles. The van der Waals surface area contributed by atoms with Gasteiger partial charge < -0.3 is 15.2 Å². The highest BCUT2D eigenvalue weighted by atomic mass is 16.3. The van der Waals surface area contributed by atoms with Crippen molar-refractivity contribution in [3.8, 4) is 5.75 Å². The van der Waals surface area contributed by atoms with Crippen molar-refractivity contribution in [2.45, 2.75) is 6.04 Å². The van der Waals surface area contributed by atoms with E-state index in [0.717, 1.165) is 0 Å². The zero-order valence-corrected chi connectivity index (χ0v) is 16.2. The Kier molecular flexibility index (Phi) is 4.29. The van der Waals surface area contributed by atoms with E-state index in [2.05, 4.69) is 9.97 Å². The second kappa shape index (κ2) is 7.14. The van der Waals surface area contributed by atoms with Gasteiger partial charge in [-0.25, -0.2) is 4.98 Å². The average molecular weight is 411 g/mol. The topological polar surface area (TPSA) is 107 Å². The van der Waals surface area contributed by atoms with Gasteiger partial charge in [0.05, 0.1) is 22.6 Å². The highest BCUT2D eigenvalue weighted by molar-refractivity contribution is 6.51. The highest BCUT2D eigenvalue weighted by Gasteiger charge is 2.48. The number of carbonyl (C=O) groups excluding carboxylic acids is 2. The summed E-state index contributed by atoms with van der Waals surface area (Å²) >= 11 is 0. The van der Waals surface area contributed by atoms with Gasteiger partial charge in [-0.15, -0.1) is 0 Å². The lowest BCUT2D eigenvalue weighted by Crippen LogP contribution is -2.30. The molecular formula is C24H17N3O4. The number of aromatic nitrogens is 2. The number of aliphatic hydroxyl groups excluding tert-OH is 1. The summed E-state index contributed by atoms with van der Waals surface area (Å²) in [5.74, 6) is -1.62. The van der Waals surface area contributed by atoms with Crippen LogP contribution in [0.15, 0.2) is 84.4 Å². The Morgan fingerprint density at radius 3 is 2.29 bits per heavy atom. The van der Waals surface area contributed by atoms with Gasteiger partial charge in [-0.1, -0.05) is 54.6 Å². The van der Waals surface area contributed by atoms with Gasteiger partial charge in [0, 0.05) is 5.56 Å². The molecular weight excluding hydrogens is 394 g/mol. The molecule has 0 saturated carbocycles. The number of hydrogen-bond acceptors (Lipinski definition) is 5. The van der Waals surface area contributed by atoms with Crippen molar-refractivity contribution in [2.24, 2.45) is 0 Å². The summed E-state index contributed by atoms with van der Waals surface area (Å²) in [5, 5.41) is 20.7. The van der Waals surface area contributed by atoms with Crippen LogP contribution in [0.5, 0.6) is 5.75 Å². The van der Waals surface area contributed by atoms with E-state index in [1.807, 2.05) is 18.2 Å². The minimum absolute atomic E-state index is 0.0395. The minimum Gasteiger partial charge on any atom is -0.508 e. The van der Waals surface area contributed by atoms with E-state index in [9.17, 15) is 19.8 Å². The van der Waals surface area contributed by atoms with Crippen molar-refractivity contribution < 1.29 is 19.8 Å². The number of imidazole rings is 1. The molecule has 5 rings (SSSR count). The molecule has 2 heterocycles. The molecule has 0 spiro atoms. The van der Waals surface area contributed by atoms with Crippen LogP contribution in [0.2, 0.25) is 0 Å². The fourth-order valence-corrected chi connectivity index (χ4v) is 3.83. The van der Waals surface area contributed by atoms with Crippen LogP contribution in [-0.2, 0) is 9.59 Å². The van der Waals surface area contributed by atoms with Crippen molar-refractivity contribution in [1.82, 2.24) is 9.97 Å². The van der Waals surface area contributed by atoms with E-state index < -0.39 is 17.7 Å². The molecule has 3 N–H and O–H groups in total. The number of carbonyl (C=O) groups is 2. The first-order valence-electron chi connectivity index (χ1n) is 9.64. The van der Waals surface area contributed by atoms with Crippen molar-refractivity contribution in [3.05, 3.63) is 95.6 Å². The lowest BCUT2D eigenvalue weighted by Gasteiger charge is -2.23. The van der Waals surface area contributed by atoms with Crippen LogP contribution in [-0.4, -0.2) is 31.9 Å². The second-order valence-electron chi connectivity index (χ2n) is 7.20. The van der Waals surface area contributed by atoms with Crippen LogP contribution in [0.4, 0.5) is 5.95 Å². The Hall–Kier alpha value is -4.39. The van der Waals surface area contributed by atoms with Crippen LogP contribution in [0.25, 0.3) is 16.8 Å². The van der Waals surface area contributed by atoms with Gasteiger partial charge >= 0.3 is 5.91 Å². The van der Waals surface area contributed by atoms with Gasteiger partial charge in [-0.2, -0.15) is 0 Å². The molecule has 31 heavy (non-hydrogen) atoms. The Morgan fingerprint density at radius 2 is 1.58 bits per heavy atom. The number of aromatic hydroxyl groups is 1. The zero-order valence-electron chi connectivity index (χ0n) is 16.2. The van der Waals surface area contributed by atoms with Crippen LogP contribution in [0, 0.1) is 0 Å². The fourth-order valence-electron chi connectivity index (χ4n) is 3.83. The zero-order chi connectivity index (χ0) is 21.5. The van der Waals surface area contributed by atoms with Crippen molar-refractivity contribution in [1.29, 1.82) is 0 Å². The molecule has 1 fully saturated rings. The number of H-pyrrole nitrogens is 1. The van der Waals surface area contributed by atoms with E-state index in [1.165, 1.54) is 17.0 Å². The van der Waals surface area contributed by atoms with E-state index in [0.29, 0.717) is 22.2 Å². The normalized spacial score (nSPS) is 18.1. The smallest absolute Gasteiger partial charge is 0.302 e. The molecule has 3 aromatic carbocycles. The van der Waals surface area contributed by atoms with Gasteiger partial charge in [0.15, 0.2) is 0 Å². The molecule has 0 aliphatic carbocycles. The van der Waals surface area contributed by atoms with E-state index >= 15 is 0 Å². The number of fused-ring (bicyclic) bond motifs is 1. The van der Waals surface area contributed by atoms with Gasteiger partial charge in [0.1, 0.15) is 11.5 Å². The van der Waals surface area contributed by atoms with Crippen molar-refractivity contribution in [2.75, 3.05) is 4.90 Å². The van der Waals surface area contributed by atoms with Crippen LogP contribution in [0.3, 0.4) is 0 Å². The number of amides is 1. The minimum atomic E-state index is -0.915. The first kappa shape index (κ1) is 18.6. The third-order valence-corrected chi connectivity index (χ3v) is 5.31. The number of nitrogens with zero attached hydrogens (tertiary/aromatic N) is 2. The van der Waals surface area contributed by atoms with E-state index in [4.69, 9.17) is 0 Å². The van der Waals surface area contributed by atoms with Gasteiger partial charge in [0.2, 0.25) is 5.95 Å². The molecule has 0 bridgehead atoms. The molecule has 1 saturated heterocycles. The number of aliphatic hydroxyl groups is 1. The van der Waals surface area contributed by atoms with Crippen molar-refractivity contribution in [3.63, 3.8) is 0 Å². The Balaban J connectivity index is 1.74. The number of phenolic OH excluding ortho intramolecular Hbond substituents is 1. The van der Waals surface area contributed by atoms with Crippen LogP contribution in [0.1, 0.15) is 17.2 Å². The largest absolute Gasteiger partial charge is 0.508 e. The fraction of sp³-hybridized carbons (Fsp3) is 0.0417. The van der Waals surface area contributed by atoms with Crippen LogP contribution >= 0.6 is 0 Å². The standard InChI is InChI=1S/C24H17N3O4/c28-16-12-10-14(11-13-16)20-19(21(29)15-6-2-1-3-7-15)22(30)23(31)27(20)24-25-17-8-4-5-9-18(17)26-24/h1-13,20,28-29H,(H,25,26)/b21-19+. The molecule has 1 unspecified atom stereocenters. The first-order chi connectivity index (χ1) is 15.0. The number of Topliss-reactive ketones (excluding diaryl/α,β-unsaturated/α-hetero) is 1. The third-order valence-electron chi connectivity index (χ3n) is 5.31. The number of rotatable bonds is 3. The number of hydrogen-bond donors (Lipinski definition) is 3. The number of aromatic amines is 1. The lowest BCUT2D eigenvalue weighted by molar-refractivity contribution is -0.132. The molecule has 7 heteroatoms. The molecule has 1 amide bonds.